The molecule has 0 unspecified atom stereocenters. The van der Waals surface area contributed by atoms with Gasteiger partial charge < -0.3 is 10.2 Å². The first-order chi connectivity index (χ1) is 21.0. The highest BCUT2D eigenvalue weighted by Gasteiger charge is 2.35. The Bertz CT molecular complexity index is 1700. The fraction of sp³-hybridized carbons (Fsp3) is 0.212. The van der Waals surface area contributed by atoms with Crippen LogP contribution in [0.1, 0.15) is 23.6 Å². The van der Waals surface area contributed by atoms with Gasteiger partial charge in [0.1, 0.15) is 12.6 Å². The van der Waals surface area contributed by atoms with Crippen molar-refractivity contribution < 1.29 is 18.0 Å². The summed E-state index contributed by atoms with van der Waals surface area (Å²) in [5.41, 5.74) is 2.53. The van der Waals surface area contributed by atoms with Crippen molar-refractivity contribution in [3.05, 3.63) is 128 Å². The second-order valence-corrected chi connectivity index (χ2v) is 13.8. The summed E-state index contributed by atoms with van der Waals surface area (Å²) < 4.78 is 30.1. The van der Waals surface area contributed by atoms with Crippen molar-refractivity contribution >= 4 is 66.7 Å². The number of aryl methyl sites for hydroxylation is 1. The van der Waals surface area contributed by atoms with E-state index in [9.17, 15) is 18.0 Å². The van der Waals surface area contributed by atoms with E-state index in [0.717, 1.165) is 25.5 Å². The van der Waals surface area contributed by atoms with Crippen molar-refractivity contribution in [1.82, 2.24) is 10.2 Å². The summed E-state index contributed by atoms with van der Waals surface area (Å²) in [5.74, 6) is -0.942. The van der Waals surface area contributed by atoms with Gasteiger partial charge in [0.15, 0.2) is 0 Å². The Hall–Kier alpha value is -3.37. The third kappa shape index (κ3) is 8.41. The van der Waals surface area contributed by atoms with E-state index < -0.39 is 28.5 Å². The number of carbonyl (C=O) groups is 2. The number of amides is 2. The van der Waals surface area contributed by atoms with Crippen molar-refractivity contribution in [3.8, 4) is 0 Å². The highest BCUT2D eigenvalue weighted by Crippen LogP contribution is 2.33. The number of rotatable bonds is 12. The van der Waals surface area contributed by atoms with Gasteiger partial charge in [0.2, 0.25) is 11.8 Å². The van der Waals surface area contributed by atoms with E-state index >= 15 is 0 Å². The van der Waals surface area contributed by atoms with Crippen LogP contribution in [0.15, 0.2) is 106 Å². The van der Waals surface area contributed by atoms with Crippen LogP contribution in [-0.4, -0.2) is 44.3 Å². The molecule has 0 aromatic heterocycles. The molecule has 0 bridgehead atoms. The van der Waals surface area contributed by atoms with Gasteiger partial charge in [-0.3, -0.25) is 13.9 Å². The molecule has 4 rings (SSSR count). The SMILES string of the molecule is CCNC(=O)[C@@H](Cc1ccccc1)N(Cc1ccc(Br)cc1)C(=O)CN(c1cc(Cl)ccc1Cl)S(=O)(=O)c1ccc(C)cc1. The van der Waals surface area contributed by atoms with Crippen molar-refractivity contribution in [2.24, 2.45) is 0 Å². The number of carbonyl (C=O) groups excluding carboxylic acids is 2. The first-order valence-electron chi connectivity index (χ1n) is 13.9. The molecule has 0 saturated carbocycles. The Morgan fingerprint density at radius 3 is 2.18 bits per heavy atom. The molecular formula is C33H32BrCl2N3O4S. The van der Waals surface area contributed by atoms with E-state index in [1.807, 2.05) is 61.5 Å². The van der Waals surface area contributed by atoms with Crippen LogP contribution in [-0.2, 0) is 32.6 Å². The maximum atomic E-state index is 14.4. The Morgan fingerprint density at radius 2 is 1.55 bits per heavy atom. The molecule has 0 aliphatic heterocycles. The number of halogens is 3. The molecule has 0 saturated heterocycles. The first kappa shape index (κ1) is 33.5. The Balaban J connectivity index is 1.82. The topological polar surface area (TPSA) is 86.8 Å². The molecule has 11 heteroatoms. The van der Waals surface area contributed by atoms with Crippen LogP contribution in [0.3, 0.4) is 0 Å². The van der Waals surface area contributed by atoms with Gasteiger partial charge in [-0.05, 0) is 67.4 Å². The van der Waals surface area contributed by atoms with E-state index in [4.69, 9.17) is 23.2 Å². The van der Waals surface area contributed by atoms with Gasteiger partial charge in [-0.25, -0.2) is 8.42 Å². The lowest BCUT2D eigenvalue weighted by Gasteiger charge is -2.34. The Labute approximate surface area is 277 Å². The second-order valence-electron chi connectivity index (χ2n) is 10.2. The lowest BCUT2D eigenvalue weighted by Crippen LogP contribution is -2.53. The smallest absolute Gasteiger partial charge is 0.264 e. The lowest BCUT2D eigenvalue weighted by atomic mass is 10.0. The van der Waals surface area contributed by atoms with E-state index in [2.05, 4.69) is 21.2 Å². The summed E-state index contributed by atoms with van der Waals surface area (Å²) in [4.78, 5) is 29.4. The zero-order valence-corrected chi connectivity index (χ0v) is 28.1. The number of anilines is 1. The standard InChI is InChI=1S/C33H32BrCl2N3O4S/c1-3-37-33(41)31(19-24-7-5-4-6-8-24)38(21-25-11-13-26(34)14-12-25)32(40)22-39(30-20-27(35)15-18-29(30)36)44(42,43)28-16-9-23(2)10-17-28/h4-18,20,31H,3,19,21-22H2,1-2H3,(H,37,41)/t31-/m1/s1. The van der Waals surface area contributed by atoms with Crippen LogP contribution >= 0.6 is 39.1 Å². The van der Waals surface area contributed by atoms with Gasteiger partial charge in [0, 0.05) is 29.0 Å². The summed E-state index contributed by atoms with van der Waals surface area (Å²) >= 11 is 16.2. The van der Waals surface area contributed by atoms with E-state index in [1.54, 1.807) is 19.1 Å². The number of nitrogens with one attached hydrogen (secondary N) is 1. The predicted octanol–water partition coefficient (Wildman–Crippen LogP) is 7.04. The van der Waals surface area contributed by atoms with Crippen molar-refractivity contribution in [3.63, 3.8) is 0 Å². The lowest BCUT2D eigenvalue weighted by molar-refractivity contribution is -0.140. The van der Waals surface area contributed by atoms with Gasteiger partial charge in [-0.2, -0.15) is 0 Å². The highest BCUT2D eigenvalue weighted by atomic mass is 79.9. The first-order valence-corrected chi connectivity index (χ1v) is 16.9. The number of sulfonamides is 1. The number of hydrogen-bond acceptors (Lipinski definition) is 4. The van der Waals surface area contributed by atoms with Crippen LogP contribution in [0, 0.1) is 6.92 Å². The zero-order chi connectivity index (χ0) is 31.9. The molecule has 0 spiro atoms. The average molecular weight is 718 g/mol. The van der Waals surface area contributed by atoms with Gasteiger partial charge in [0.25, 0.3) is 10.0 Å². The molecule has 0 radical (unpaired) electrons. The molecule has 0 aliphatic rings. The number of hydrogen-bond donors (Lipinski definition) is 1. The van der Waals surface area contributed by atoms with Crippen LogP contribution in [0.4, 0.5) is 5.69 Å². The summed E-state index contributed by atoms with van der Waals surface area (Å²) in [5, 5.41) is 3.19. The molecule has 1 atom stereocenters. The molecule has 0 aliphatic carbocycles. The molecule has 44 heavy (non-hydrogen) atoms. The average Bonchev–Trinajstić information content (AvgIpc) is 3.00. The van der Waals surface area contributed by atoms with E-state index in [0.29, 0.717) is 6.54 Å². The second kappa shape index (κ2) is 15.1. The summed E-state index contributed by atoms with van der Waals surface area (Å²) in [7, 11) is -4.30. The van der Waals surface area contributed by atoms with Gasteiger partial charge in [0.05, 0.1) is 15.6 Å². The van der Waals surface area contributed by atoms with Crippen LogP contribution in [0.2, 0.25) is 10.0 Å². The summed E-state index contributed by atoms with van der Waals surface area (Å²) in [6.07, 6.45) is 0.220. The Kier molecular flexibility index (Phi) is 11.5. The third-order valence-corrected chi connectivity index (χ3v) is 9.81. The van der Waals surface area contributed by atoms with Crippen molar-refractivity contribution in [1.29, 1.82) is 0 Å². The van der Waals surface area contributed by atoms with Crippen LogP contribution in [0.5, 0.6) is 0 Å². The van der Waals surface area contributed by atoms with Crippen molar-refractivity contribution in [2.45, 2.75) is 37.8 Å². The maximum Gasteiger partial charge on any atom is 0.264 e. The summed E-state index contributed by atoms with van der Waals surface area (Å²) in [6.45, 7) is 3.44. The Morgan fingerprint density at radius 1 is 0.886 bits per heavy atom. The monoisotopic (exact) mass is 715 g/mol. The molecule has 0 fully saturated rings. The zero-order valence-electron chi connectivity index (χ0n) is 24.2. The maximum absolute atomic E-state index is 14.4. The van der Waals surface area contributed by atoms with Gasteiger partial charge in [-0.15, -0.1) is 0 Å². The normalized spacial score (nSPS) is 11.9. The molecule has 230 valence electrons. The molecule has 1 N–H and O–H groups in total. The van der Waals surface area contributed by atoms with Gasteiger partial charge in [-0.1, -0.05) is 99.3 Å². The van der Waals surface area contributed by atoms with Crippen LogP contribution < -0.4 is 9.62 Å². The fourth-order valence-electron chi connectivity index (χ4n) is 4.66. The molecule has 0 heterocycles. The minimum absolute atomic E-state index is 0.0176. The van der Waals surface area contributed by atoms with Crippen molar-refractivity contribution in [2.75, 3.05) is 17.4 Å². The molecule has 2 amide bonds. The number of nitrogens with zero attached hydrogens (tertiary/aromatic N) is 2. The quantitative estimate of drug-likeness (QED) is 0.171. The molecular weight excluding hydrogens is 685 g/mol. The summed E-state index contributed by atoms with van der Waals surface area (Å²) in [6, 6.07) is 26.5. The molecule has 7 nitrogen and oxygen atoms in total. The molecule has 4 aromatic rings. The van der Waals surface area contributed by atoms with Crippen LogP contribution in [0.25, 0.3) is 0 Å². The fourth-order valence-corrected chi connectivity index (χ4v) is 6.79. The highest BCUT2D eigenvalue weighted by molar-refractivity contribution is 9.10. The largest absolute Gasteiger partial charge is 0.355 e. The van der Waals surface area contributed by atoms with E-state index in [1.165, 1.54) is 35.2 Å². The minimum Gasteiger partial charge on any atom is -0.355 e. The van der Waals surface area contributed by atoms with Gasteiger partial charge >= 0.3 is 0 Å². The number of likely N-dealkylation sites (N-methyl/N-ethyl adjacent to an activating group) is 1. The predicted molar refractivity (Wildman–Crippen MR) is 179 cm³/mol. The third-order valence-electron chi connectivity index (χ3n) is 6.95. The molecule has 4 aromatic carbocycles. The number of benzene rings is 4. The minimum atomic E-state index is -4.30. The van der Waals surface area contributed by atoms with E-state index in [-0.39, 0.29) is 39.5 Å².